The quantitative estimate of drug-likeness (QED) is 0.145. The van der Waals surface area contributed by atoms with Crippen molar-refractivity contribution in [2.24, 2.45) is 5.92 Å². The van der Waals surface area contributed by atoms with E-state index < -0.39 is 0 Å². The van der Waals surface area contributed by atoms with Gasteiger partial charge in [0.25, 0.3) is 0 Å². The summed E-state index contributed by atoms with van der Waals surface area (Å²) >= 11 is 10.9. The van der Waals surface area contributed by atoms with Crippen LogP contribution in [0.4, 0.5) is 0 Å². The average Bonchev–Trinajstić information content (AvgIpc) is 2.37. The van der Waals surface area contributed by atoms with Gasteiger partial charge in [0.2, 0.25) is 5.91 Å². The van der Waals surface area contributed by atoms with Gasteiger partial charge in [-0.05, 0) is 24.3 Å². The predicted octanol–water partition coefficient (Wildman–Crippen LogP) is -1.75. The molecule has 0 aliphatic heterocycles. The summed E-state index contributed by atoms with van der Waals surface area (Å²) in [4.78, 5) is 17.3. The van der Waals surface area contributed by atoms with Gasteiger partial charge in [0, 0.05) is 4.38 Å². The number of nitrogens with one attached hydrogen (secondary N) is 2. The van der Waals surface area contributed by atoms with Crippen molar-refractivity contribution in [1.29, 1.82) is 0 Å². The van der Waals surface area contributed by atoms with Gasteiger partial charge >= 0.3 is 51.4 Å². The summed E-state index contributed by atoms with van der Waals surface area (Å²) < 4.78 is 5.01. The monoisotopic (exact) mass is 378 g/mol. The molecule has 0 fully saturated rings. The third kappa shape index (κ3) is 16.1. The Balaban J connectivity index is 0. The van der Waals surface area contributed by atoms with E-state index >= 15 is 0 Å². The fraction of sp³-hybridized carbons (Fsp3) is 0.833. The first kappa shape index (κ1) is 24.7. The van der Waals surface area contributed by atoms with Gasteiger partial charge in [0.15, 0.2) is 0 Å². The maximum Gasteiger partial charge on any atom is 1.00 e. The molecule has 0 aromatic carbocycles. The van der Waals surface area contributed by atoms with Crippen molar-refractivity contribution in [3.05, 3.63) is 0 Å². The molecule has 0 bridgehead atoms. The topological polar surface area (TPSA) is 59.6 Å². The van der Waals surface area contributed by atoms with Crippen molar-refractivity contribution in [1.82, 2.24) is 10.8 Å². The molecule has 1 atom stereocenters. The molecule has 5 nitrogen and oxygen atoms in total. The SMILES string of the molecule is CSCCC(NOCC(C)C)C(=O)NCCOC(=S)[S-].[K+]. The Hall–Kier alpha value is 1.49. The number of hydrogen-bond acceptors (Lipinski definition) is 7. The van der Waals surface area contributed by atoms with Crippen molar-refractivity contribution in [3.63, 3.8) is 0 Å². The van der Waals surface area contributed by atoms with Gasteiger partial charge in [0.1, 0.15) is 12.6 Å². The molecule has 0 aromatic rings. The Morgan fingerprint density at radius 1 is 1.43 bits per heavy atom. The number of thiocarbonyl (C=S) groups is 1. The minimum absolute atomic E-state index is 0. The van der Waals surface area contributed by atoms with Crippen LogP contribution >= 0.6 is 24.0 Å². The number of hydroxylamine groups is 1. The molecule has 0 saturated carbocycles. The maximum absolute atomic E-state index is 12.0. The third-order valence-electron chi connectivity index (χ3n) is 2.19. The smallest absolute Gasteiger partial charge is 0.512 e. The van der Waals surface area contributed by atoms with E-state index in [4.69, 9.17) is 9.57 Å². The number of carbonyl (C=O) groups is 1. The van der Waals surface area contributed by atoms with Crippen molar-refractivity contribution in [2.45, 2.75) is 26.3 Å². The van der Waals surface area contributed by atoms with Crippen molar-refractivity contribution in [3.8, 4) is 0 Å². The van der Waals surface area contributed by atoms with E-state index in [0.717, 1.165) is 5.75 Å². The Kier molecular flexibility index (Phi) is 19.3. The van der Waals surface area contributed by atoms with E-state index in [1.807, 2.05) is 20.1 Å². The van der Waals surface area contributed by atoms with Gasteiger partial charge in [-0.15, -0.1) is 0 Å². The second kappa shape index (κ2) is 16.3. The number of ether oxygens (including phenoxy) is 1. The summed E-state index contributed by atoms with van der Waals surface area (Å²) in [6.07, 6.45) is 2.70. The minimum Gasteiger partial charge on any atom is -0.512 e. The number of hydrogen-bond donors (Lipinski definition) is 2. The Bertz CT molecular complexity index is 297. The summed E-state index contributed by atoms with van der Waals surface area (Å²) in [5.74, 6) is 1.18. The Morgan fingerprint density at radius 2 is 2.10 bits per heavy atom. The zero-order chi connectivity index (χ0) is 15.4. The summed E-state index contributed by atoms with van der Waals surface area (Å²) in [6.45, 7) is 5.32. The molecule has 0 aromatic heterocycles. The minimum atomic E-state index is -0.364. The van der Waals surface area contributed by atoms with Gasteiger partial charge in [-0.2, -0.15) is 17.2 Å². The molecule has 118 valence electrons. The summed E-state index contributed by atoms with van der Waals surface area (Å²) in [5.41, 5.74) is 2.82. The molecule has 0 rings (SSSR count). The van der Waals surface area contributed by atoms with Crippen molar-refractivity contribution in [2.75, 3.05) is 31.8 Å². The molecule has 0 aliphatic rings. The van der Waals surface area contributed by atoms with Gasteiger partial charge in [-0.25, -0.2) is 0 Å². The van der Waals surface area contributed by atoms with Crippen LogP contribution in [0.25, 0.3) is 0 Å². The third-order valence-corrected chi connectivity index (χ3v) is 3.07. The van der Waals surface area contributed by atoms with Crippen LogP contribution in [0.2, 0.25) is 0 Å². The molecular formula is C12H23KN2O3S3. The predicted molar refractivity (Wildman–Crippen MR) is 89.6 cm³/mol. The second-order valence-electron chi connectivity index (χ2n) is 4.55. The van der Waals surface area contributed by atoms with Gasteiger partial charge in [0.05, 0.1) is 13.2 Å². The molecular weight excluding hydrogens is 355 g/mol. The molecule has 9 heteroatoms. The maximum atomic E-state index is 12.0. The molecule has 21 heavy (non-hydrogen) atoms. The van der Waals surface area contributed by atoms with Crippen LogP contribution in [0.1, 0.15) is 20.3 Å². The van der Waals surface area contributed by atoms with Crippen LogP contribution in [-0.4, -0.2) is 48.1 Å². The van der Waals surface area contributed by atoms with Crippen LogP contribution in [0.15, 0.2) is 0 Å². The van der Waals surface area contributed by atoms with Crippen LogP contribution in [0.5, 0.6) is 0 Å². The van der Waals surface area contributed by atoms with Gasteiger partial charge in [-0.1, -0.05) is 13.8 Å². The number of amides is 1. The van der Waals surface area contributed by atoms with E-state index in [2.05, 4.69) is 35.6 Å². The summed E-state index contributed by atoms with van der Waals surface area (Å²) in [7, 11) is 0. The molecule has 1 amide bonds. The molecule has 0 saturated heterocycles. The van der Waals surface area contributed by atoms with E-state index in [1.165, 1.54) is 0 Å². The van der Waals surface area contributed by atoms with Crippen LogP contribution in [0.3, 0.4) is 0 Å². The Morgan fingerprint density at radius 3 is 2.62 bits per heavy atom. The Labute approximate surface area is 185 Å². The first-order chi connectivity index (χ1) is 9.47. The summed E-state index contributed by atoms with van der Waals surface area (Å²) in [6, 6.07) is -0.364. The molecule has 0 radical (unpaired) electrons. The fourth-order valence-electron chi connectivity index (χ4n) is 1.23. The zero-order valence-electron chi connectivity index (χ0n) is 13.1. The molecule has 1 unspecified atom stereocenters. The standard InChI is InChI=1S/C12H24N2O3S3.K/c1-9(2)8-17-14-10(4-7-20-3)11(15)13-5-6-16-12(18)19;/h9-10,14H,4-8H2,1-3H3,(H,13,15)(H,18,19);/q;+1/p-1. The molecule has 0 aliphatic carbocycles. The van der Waals surface area contributed by atoms with E-state index in [0.29, 0.717) is 25.5 Å². The summed E-state index contributed by atoms with van der Waals surface area (Å²) in [5, 5.41) is 2.76. The zero-order valence-corrected chi connectivity index (χ0v) is 18.7. The first-order valence-electron chi connectivity index (χ1n) is 6.45. The largest absolute Gasteiger partial charge is 1.00 e. The van der Waals surface area contributed by atoms with E-state index in [9.17, 15) is 4.79 Å². The number of rotatable bonds is 11. The van der Waals surface area contributed by atoms with Gasteiger partial charge in [-0.3, -0.25) is 4.79 Å². The molecule has 0 heterocycles. The van der Waals surface area contributed by atoms with Gasteiger partial charge < -0.3 is 39.7 Å². The normalized spacial score (nSPS) is 11.6. The van der Waals surface area contributed by atoms with Crippen molar-refractivity contribution >= 4 is 46.9 Å². The number of carbonyl (C=O) groups excluding carboxylic acids is 1. The van der Waals surface area contributed by atoms with Crippen molar-refractivity contribution < 1.29 is 65.8 Å². The van der Waals surface area contributed by atoms with Crippen LogP contribution in [-0.2, 0) is 27.0 Å². The van der Waals surface area contributed by atoms with E-state index in [-0.39, 0.29) is 74.3 Å². The fourth-order valence-corrected chi connectivity index (χ4v) is 1.86. The molecule has 0 spiro atoms. The average molecular weight is 379 g/mol. The van der Waals surface area contributed by atoms with Crippen LogP contribution < -0.4 is 62.2 Å². The molecule has 2 N–H and O–H groups in total. The van der Waals surface area contributed by atoms with E-state index in [1.54, 1.807) is 11.8 Å². The van der Waals surface area contributed by atoms with Crippen LogP contribution in [0, 0.1) is 5.92 Å². The first-order valence-corrected chi connectivity index (χ1v) is 8.66. The second-order valence-corrected chi connectivity index (χ2v) is 6.53. The number of thioether (sulfide) groups is 1.